The average molecular weight is 400 g/mol. The van der Waals surface area contributed by atoms with Crippen LogP contribution < -0.4 is 5.32 Å². The molecule has 0 fully saturated rings. The first-order valence-electron chi connectivity index (χ1n) is 8.00. The predicted octanol–water partition coefficient (Wildman–Crippen LogP) is 3.99. The largest absolute Gasteiger partial charge is 0.417 e. The fourth-order valence-corrected chi connectivity index (χ4v) is 3.65. The van der Waals surface area contributed by atoms with E-state index in [1.54, 1.807) is 13.8 Å². The summed E-state index contributed by atoms with van der Waals surface area (Å²) in [5.74, 6) is -0.933. The van der Waals surface area contributed by atoms with E-state index >= 15 is 0 Å². The molecule has 9 heteroatoms. The summed E-state index contributed by atoms with van der Waals surface area (Å²) in [7, 11) is -2.24. The quantitative estimate of drug-likeness (QED) is 0.825. The molecule has 0 atom stereocenters. The molecule has 0 spiro atoms. The Labute approximate surface area is 155 Å². The maximum absolute atomic E-state index is 13.0. The Bertz CT molecular complexity index is 924. The highest BCUT2D eigenvalue weighted by Crippen LogP contribution is 2.32. The van der Waals surface area contributed by atoms with Gasteiger partial charge in [-0.15, -0.1) is 0 Å². The van der Waals surface area contributed by atoms with Gasteiger partial charge in [0, 0.05) is 18.8 Å². The third-order valence-electron chi connectivity index (χ3n) is 3.99. The summed E-state index contributed by atoms with van der Waals surface area (Å²) < 4.78 is 65.1. The lowest BCUT2D eigenvalue weighted by Crippen LogP contribution is -2.33. The molecular weight excluding hydrogens is 381 g/mol. The normalized spacial score (nSPS) is 12.4. The number of benzene rings is 2. The van der Waals surface area contributed by atoms with Crippen LogP contribution in [-0.4, -0.2) is 31.7 Å². The number of nitrogens with zero attached hydrogens (tertiary/aromatic N) is 1. The van der Waals surface area contributed by atoms with Crippen molar-refractivity contribution < 1.29 is 26.4 Å². The van der Waals surface area contributed by atoms with Gasteiger partial charge in [-0.25, -0.2) is 8.42 Å². The summed E-state index contributed by atoms with van der Waals surface area (Å²) in [4.78, 5) is 12.2. The second-order valence-corrected chi connectivity index (χ2v) is 8.13. The van der Waals surface area contributed by atoms with Gasteiger partial charge in [0.05, 0.1) is 16.0 Å². The third kappa shape index (κ3) is 4.67. The van der Waals surface area contributed by atoms with E-state index in [9.17, 15) is 26.4 Å². The lowest BCUT2D eigenvalue weighted by molar-refractivity contribution is -0.137. The summed E-state index contributed by atoms with van der Waals surface area (Å²) in [6.45, 7) is 3.45. The van der Waals surface area contributed by atoms with Gasteiger partial charge in [-0.3, -0.25) is 4.79 Å². The van der Waals surface area contributed by atoms with Crippen molar-refractivity contribution in [2.24, 2.45) is 0 Å². The van der Waals surface area contributed by atoms with Crippen molar-refractivity contribution in [2.45, 2.75) is 31.0 Å². The van der Waals surface area contributed by atoms with Gasteiger partial charge in [-0.2, -0.15) is 17.5 Å². The monoisotopic (exact) mass is 400 g/mol. The Hall–Kier alpha value is -2.39. The van der Waals surface area contributed by atoms with Crippen LogP contribution in [0.5, 0.6) is 0 Å². The van der Waals surface area contributed by atoms with Crippen LogP contribution in [0.3, 0.4) is 0 Å². The number of hydrogen-bond donors (Lipinski definition) is 1. The van der Waals surface area contributed by atoms with Crippen LogP contribution in [0.15, 0.2) is 53.4 Å². The molecule has 0 aliphatic carbocycles. The van der Waals surface area contributed by atoms with Gasteiger partial charge < -0.3 is 5.32 Å². The minimum Gasteiger partial charge on any atom is -0.322 e. The van der Waals surface area contributed by atoms with Crippen LogP contribution in [0.25, 0.3) is 0 Å². The molecule has 2 aromatic carbocycles. The standard InChI is InChI=1S/C18H19F3N2O3S/c1-12(2)23(3)27(25,26)14-10-8-13(9-11-14)22-17(24)15-6-4-5-7-16(15)18(19,20)21/h4-12H,1-3H3,(H,22,24). The van der Waals surface area contributed by atoms with Crippen LogP contribution in [0.4, 0.5) is 18.9 Å². The number of halogens is 3. The molecule has 0 heterocycles. The Morgan fingerprint density at radius 1 is 1.04 bits per heavy atom. The number of sulfonamides is 1. The second kappa shape index (κ2) is 7.69. The van der Waals surface area contributed by atoms with E-state index in [-0.39, 0.29) is 16.6 Å². The number of anilines is 1. The summed E-state index contributed by atoms with van der Waals surface area (Å²) >= 11 is 0. The molecule has 1 amide bonds. The maximum atomic E-state index is 13.0. The lowest BCUT2D eigenvalue weighted by atomic mass is 10.1. The molecule has 27 heavy (non-hydrogen) atoms. The van der Waals surface area contributed by atoms with Crippen LogP contribution in [-0.2, 0) is 16.2 Å². The summed E-state index contributed by atoms with van der Waals surface area (Å²) in [6.07, 6.45) is -4.66. The number of nitrogens with one attached hydrogen (secondary N) is 1. The zero-order valence-electron chi connectivity index (χ0n) is 14.9. The molecule has 1 N–H and O–H groups in total. The summed E-state index contributed by atoms with van der Waals surface area (Å²) in [5.41, 5.74) is -1.37. The smallest absolute Gasteiger partial charge is 0.322 e. The van der Waals surface area contributed by atoms with Crippen LogP contribution >= 0.6 is 0 Å². The van der Waals surface area contributed by atoms with Crippen molar-refractivity contribution in [2.75, 3.05) is 12.4 Å². The van der Waals surface area contributed by atoms with E-state index < -0.39 is 33.2 Å². The van der Waals surface area contributed by atoms with Crippen molar-refractivity contribution in [3.05, 3.63) is 59.7 Å². The molecular formula is C18H19F3N2O3S. The topological polar surface area (TPSA) is 66.5 Å². The highest BCUT2D eigenvalue weighted by atomic mass is 32.2. The number of amides is 1. The number of hydrogen-bond acceptors (Lipinski definition) is 3. The second-order valence-electron chi connectivity index (χ2n) is 6.14. The van der Waals surface area contributed by atoms with Crippen molar-refractivity contribution in [3.63, 3.8) is 0 Å². The Kier molecular flexibility index (Phi) is 5.96. The number of rotatable bonds is 5. The van der Waals surface area contributed by atoms with Crippen molar-refractivity contribution >= 4 is 21.6 Å². The van der Waals surface area contributed by atoms with Crippen LogP contribution in [0.2, 0.25) is 0 Å². The third-order valence-corrected chi connectivity index (χ3v) is 6.04. The average Bonchev–Trinajstić information content (AvgIpc) is 2.60. The molecule has 0 radical (unpaired) electrons. The van der Waals surface area contributed by atoms with E-state index in [0.29, 0.717) is 0 Å². The van der Waals surface area contributed by atoms with Crippen molar-refractivity contribution in [3.8, 4) is 0 Å². The molecule has 5 nitrogen and oxygen atoms in total. The first-order chi connectivity index (χ1) is 12.4. The Morgan fingerprint density at radius 3 is 2.11 bits per heavy atom. The van der Waals surface area contributed by atoms with Crippen LogP contribution in [0.1, 0.15) is 29.8 Å². The molecule has 0 aromatic heterocycles. The van der Waals surface area contributed by atoms with E-state index in [1.165, 1.54) is 47.8 Å². The molecule has 0 saturated heterocycles. The van der Waals surface area contributed by atoms with Gasteiger partial charge in [0.2, 0.25) is 10.0 Å². The molecule has 2 aromatic rings. The first-order valence-corrected chi connectivity index (χ1v) is 9.44. The van der Waals surface area contributed by atoms with Crippen molar-refractivity contribution in [1.82, 2.24) is 4.31 Å². The van der Waals surface area contributed by atoms with Gasteiger partial charge in [-0.1, -0.05) is 12.1 Å². The van der Waals surface area contributed by atoms with E-state index in [1.807, 2.05) is 0 Å². The Balaban J connectivity index is 2.25. The summed E-state index contributed by atoms with van der Waals surface area (Å²) in [6, 6.07) is 9.43. The highest BCUT2D eigenvalue weighted by molar-refractivity contribution is 7.89. The Morgan fingerprint density at radius 2 is 1.59 bits per heavy atom. The summed E-state index contributed by atoms with van der Waals surface area (Å²) in [5, 5.41) is 2.35. The van der Waals surface area contributed by atoms with Gasteiger partial charge in [-0.05, 0) is 50.2 Å². The fraction of sp³-hybridized carbons (Fsp3) is 0.278. The first kappa shape index (κ1) is 20.9. The molecule has 146 valence electrons. The van der Waals surface area contributed by atoms with E-state index in [2.05, 4.69) is 5.32 Å². The maximum Gasteiger partial charge on any atom is 0.417 e. The minimum absolute atomic E-state index is 0.0207. The number of alkyl halides is 3. The molecule has 0 saturated carbocycles. The van der Waals surface area contributed by atoms with Gasteiger partial charge >= 0.3 is 6.18 Å². The zero-order chi connectivity index (χ0) is 20.4. The molecule has 0 aliphatic rings. The number of carbonyl (C=O) groups is 1. The van der Waals surface area contributed by atoms with Gasteiger partial charge in [0.15, 0.2) is 0 Å². The van der Waals surface area contributed by atoms with Crippen LogP contribution in [0, 0.1) is 0 Å². The minimum atomic E-state index is -4.66. The molecule has 0 bridgehead atoms. The fourth-order valence-electron chi connectivity index (χ4n) is 2.28. The highest BCUT2D eigenvalue weighted by Gasteiger charge is 2.34. The zero-order valence-corrected chi connectivity index (χ0v) is 15.7. The molecule has 0 unspecified atom stereocenters. The molecule has 0 aliphatic heterocycles. The lowest BCUT2D eigenvalue weighted by Gasteiger charge is -2.21. The predicted molar refractivity (Wildman–Crippen MR) is 95.9 cm³/mol. The number of carbonyl (C=O) groups excluding carboxylic acids is 1. The van der Waals surface area contributed by atoms with Gasteiger partial charge in [0.1, 0.15) is 0 Å². The van der Waals surface area contributed by atoms with E-state index in [4.69, 9.17) is 0 Å². The SMILES string of the molecule is CC(C)N(C)S(=O)(=O)c1ccc(NC(=O)c2ccccc2C(F)(F)F)cc1. The van der Waals surface area contributed by atoms with Crippen molar-refractivity contribution in [1.29, 1.82) is 0 Å². The molecule has 2 rings (SSSR count). The van der Waals surface area contributed by atoms with Gasteiger partial charge in [0.25, 0.3) is 5.91 Å². The van der Waals surface area contributed by atoms with E-state index in [0.717, 1.165) is 12.1 Å².